The van der Waals surface area contributed by atoms with Crippen LogP contribution in [-0.4, -0.2) is 42.8 Å². The predicted octanol–water partition coefficient (Wildman–Crippen LogP) is 0.776. The number of nitrogens with zero attached hydrogens (tertiary/aromatic N) is 1. The topological polar surface area (TPSA) is 87.4 Å². The van der Waals surface area contributed by atoms with Gasteiger partial charge >= 0.3 is 0 Å². The van der Waals surface area contributed by atoms with E-state index >= 15 is 0 Å². The summed E-state index contributed by atoms with van der Waals surface area (Å²) in [6.45, 7) is 0. The Hall–Kier alpha value is -0.640. The van der Waals surface area contributed by atoms with Gasteiger partial charge in [-0.1, -0.05) is 0 Å². The third-order valence-electron chi connectivity index (χ3n) is 5.25. The second kappa shape index (κ2) is 3.94. The minimum atomic E-state index is -3.37. The van der Waals surface area contributed by atoms with Crippen LogP contribution in [0.1, 0.15) is 38.5 Å². The van der Waals surface area contributed by atoms with Crippen molar-refractivity contribution in [2.24, 2.45) is 5.41 Å². The molecule has 3 aliphatic rings. The van der Waals surface area contributed by atoms with Crippen LogP contribution in [-0.2, 0) is 14.6 Å². The Labute approximate surface area is 113 Å². The number of hydrogen-bond donors (Lipinski definition) is 1. The molecule has 2 aliphatic heterocycles. The summed E-state index contributed by atoms with van der Waals surface area (Å²) in [4.78, 5) is 0. The number of rotatable bonds is 2. The average molecular weight is 285 g/mol. The molecule has 2 saturated heterocycles. The van der Waals surface area contributed by atoms with Crippen LogP contribution in [0.3, 0.4) is 0 Å². The first-order valence-electron chi connectivity index (χ1n) is 6.81. The normalized spacial score (nSPS) is 49.4. The minimum absolute atomic E-state index is 0.00878. The van der Waals surface area contributed by atoms with Gasteiger partial charge in [-0.2, -0.15) is 5.26 Å². The number of fused-ring (bicyclic) bond motifs is 2. The summed E-state index contributed by atoms with van der Waals surface area (Å²) >= 11 is 0. The van der Waals surface area contributed by atoms with Gasteiger partial charge in [-0.15, -0.1) is 0 Å². The van der Waals surface area contributed by atoms with Crippen molar-refractivity contribution in [1.82, 2.24) is 0 Å². The van der Waals surface area contributed by atoms with Gasteiger partial charge in [-0.3, -0.25) is 0 Å². The lowest BCUT2D eigenvalue weighted by atomic mass is 9.63. The Balaban J connectivity index is 2.06. The van der Waals surface area contributed by atoms with E-state index in [4.69, 9.17) is 4.74 Å². The largest absolute Gasteiger partial charge is 0.387 e. The molecule has 106 valence electrons. The smallest absolute Gasteiger partial charge is 0.153 e. The maximum atomic E-state index is 12.0. The molecular formula is C13H19NO4S. The van der Waals surface area contributed by atoms with Gasteiger partial charge in [0.2, 0.25) is 0 Å². The Bertz CT molecular complexity index is 539. The second-order valence-electron chi connectivity index (χ2n) is 6.25. The third-order valence-corrected chi connectivity index (χ3v) is 6.91. The van der Waals surface area contributed by atoms with Crippen molar-refractivity contribution in [2.45, 2.75) is 61.6 Å². The fourth-order valence-electron chi connectivity index (χ4n) is 4.41. The lowest BCUT2D eigenvalue weighted by Gasteiger charge is -2.44. The minimum Gasteiger partial charge on any atom is -0.387 e. The van der Waals surface area contributed by atoms with Gasteiger partial charge in [0.05, 0.1) is 23.5 Å². The van der Waals surface area contributed by atoms with Crippen molar-refractivity contribution < 1.29 is 18.3 Å². The fraction of sp³-hybridized carbons (Fsp3) is 0.923. The zero-order valence-electron chi connectivity index (χ0n) is 11.0. The molecule has 5 nitrogen and oxygen atoms in total. The number of ether oxygens (including phenoxy) is 1. The van der Waals surface area contributed by atoms with E-state index in [1.54, 1.807) is 0 Å². The van der Waals surface area contributed by atoms with E-state index in [1.807, 2.05) is 0 Å². The van der Waals surface area contributed by atoms with Crippen molar-refractivity contribution in [1.29, 1.82) is 5.26 Å². The third kappa shape index (κ3) is 1.61. The molecule has 2 heterocycles. The van der Waals surface area contributed by atoms with Crippen molar-refractivity contribution in [3.63, 3.8) is 0 Å². The molecule has 0 aromatic heterocycles. The van der Waals surface area contributed by atoms with Gasteiger partial charge in [0.15, 0.2) is 9.84 Å². The van der Waals surface area contributed by atoms with Gasteiger partial charge in [0.25, 0.3) is 0 Å². The second-order valence-corrected chi connectivity index (χ2v) is 8.47. The lowest BCUT2D eigenvalue weighted by Crippen LogP contribution is -2.59. The van der Waals surface area contributed by atoms with E-state index in [0.717, 1.165) is 19.1 Å². The molecule has 19 heavy (non-hydrogen) atoms. The van der Waals surface area contributed by atoms with Crippen LogP contribution >= 0.6 is 0 Å². The Morgan fingerprint density at radius 2 is 2.11 bits per heavy atom. The van der Waals surface area contributed by atoms with Gasteiger partial charge in [0.1, 0.15) is 11.0 Å². The Morgan fingerprint density at radius 3 is 2.58 bits per heavy atom. The van der Waals surface area contributed by atoms with E-state index in [0.29, 0.717) is 25.7 Å². The maximum absolute atomic E-state index is 12.0. The summed E-state index contributed by atoms with van der Waals surface area (Å²) in [6.07, 6.45) is 4.45. The number of sulfone groups is 1. The van der Waals surface area contributed by atoms with Crippen LogP contribution in [0, 0.1) is 16.7 Å². The molecule has 3 fully saturated rings. The Morgan fingerprint density at radius 1 is 1.37 bits per heavy atom. The predicted molar refractivity (Wildman–Crippen MR) is 68.0 cm³/mol. The molecule has 3 rings (SSSR count). The molecule has 1 aliphatic carbocycles. The molecule has 0 aromatic rings. The molecule has 5 unspecified atom stereocenters. The van der Waals surface area contributed by atoms with E-state index in [9.17, 15) is 18.8 Å². The van der Waals surface area contributed by atoms with Crippen molar-refractivity contribution in [3.05, 3.63) is 0 Å². The fourth-order valence-corrected chi connectivity index (χ4v) is 6.05. The summed E-state index contributed by atoms with van der Waals surface area (Å²) in [6, 6.07) is 2.25. The van der Waals surface area contributed by atoms with Gasteiger partial charge in [-0.25, -0.2) is 8.42 Å². The zero-order valence-corrected chi connectivity index (χ0v) is 11.8. The highest BCUT2D eigenvalue weighted by Crippen LogP contribution is 2.58. The highest BCUT2D eigenvalue weighted by Gasteiger charge is 2.68. The number of nitriles is 1. The molecule has 1 N–H and O–H groups in total. The SMILES string of the molecule is CS(=O)(=O)C1CCCC1(O)C1(C#N)CC2CCC1O2. The van der Waals surface area contributed by atoms with E-state index in [2.05, 4.69) is 6.07 Å². The summed E-state index contributed by atoms with van der Waals surface area (Å²) in [5, 5.41) is 19.9. The van der Waals surface area contributed by atoms with Gasteiger partial charge in [0, 0.05) is 6.26 Å². The van der Waals surface area contributed by atoms with Crippen molar-refractivity contribution >= 4 is 9.84 Å². The maximum Gasteiger partial charge on any atom is 0.153 e. The summed E-state index contributed by atoms with van der Waals surface area (Å²) in [5.41, 5.74) is -2.49. The van der Waals surface area contributed by atoms with E-state index < -0.39 is 26.1 Å². The van der Waals surface area contributed by atoms with Crippen molar-refractivity contribution in [3.8, 4) is 6.07 Å². The molecule has 5 atom stereocenters. The van der Waals surface area contributed by atoms with Gasteiger partial charge < -0.3 is 9.84 Å². The summed E-state index contributed by atoms with van der Waals surface area (Å²) in [5.74, 6) is 0. The van der Waals surface area contributed by atoms with E-state index in [1.165, 1.54) is 0 Å². The first kappa shape index (κ1) is 13.3. The van der Waals surface area contributed by atoms with Crippen LogP contribution in [0.25, 0.3) is 0 Å². The number of aliphatic hydroxyl groups is 1. The monoisotopic (exact) mass is 285 g/mol. The molecule has 0 aromatic carbocycles. The zero-order chi connectivity index (χ0) is 13.9. The van der Waals surface area contributed by atoms with Crippen LogP contribution in [0.4, 0.5) is 0 Å². The summed E-state index contributed by atoms with van der Waals surface area (Å²) in [7, 11) is -3.37. The number of hydrogen-bond acceptors (Lipinski definition) is 5. The van der Waals surface area contributed by atoms with Crippen molar-refractivity contribution in [2.75, 3.05) is 6.26 Å². The van der Waals surface area contributed by atoms with Crippen LogP contribution in [0.15, 0.2) is 0 Å². The van der Waals surface area contributed by atoms with Gasteiger partial charge in [-0.05, 0) is 38.5 Å². The Kier molecular flexibility index (Phi) is 2.76. The molecular weight excluding hydrogens is 266 g/mol. The molecule has 0 amide bonds. The molecule has 0 spiro atoms. The quantitative estimate of drug-likeness (QED) is 0.810. The highest BCUT2D eigenvalue weighted by atomic mass is 32.2. The molecule has 0 radical (unpaired) electrons. The standard InChI is InChI=1S/C13H19NO4S/c1-19(16,17)11-3-2-6-13(11,15)12(8-14)7-9-4-5-10(12)18-9/h9-11,15H,2-7H2,1H3. The first-order chi connectivity index (χ1) is 8.83. The average Bonchev–Trinajstić information content (AvgIpc) is 3.00. The molecule has 1 saturated carbocycles. The molecule has 2 bridgehead atoms. The first-order valence-corrected chi connectivity index (χ1v) is 8.77. The van der Waals surface area contributed by atoms with Crippen LogP contribution < -0.4 is 0 Å². The van der Waals surface area contributed by atoms with Crippen LogP contribution in [0.2, 0.25) is 0 Å². The molecule has 6 heteroatoms. The summed E-state index contributed by atoms with van der Waals surface area (Å²) < 4.78 is 29.7. The van der Waals surface area contributed by atoms with E-state index in [-0.39, 0.29) is 12.2 Å². The highest BCUT2D eigenvalue weighted by molar-refractivity contribution is 7.91. The van der Waals surface area contributed by atoms with Crippen LogP contribution in [0.5, 0.6) is 0 Å². The lowest BCUT2D eigenvalue weighted by molar-refractivity contribution is -0.0773.